The molecule has 2 aromatic rings. The highest BCUT2D eigenvalue weighted by Gasteiger charge is 2.30. The van der Waals surface area contributed by atoms with Crippen LogP contribution in [0.1, 0.15) is 38.8 Å². The standard InChI is InChI=1S/C24H32ClN3O4S/c1-17(23(30)26-5)27(15-18-8-7-9-20(25)14-18)22(29)16-28(33(6,31)32)21-12-10-19(11-13-21)24(2,3)4/h7-14,17H,15-16H2,1-6H3,(H,26,30). The first-order valence-electron chi connectivity index (χ1n) is 10.6. The Labute approximate surface area is 201 Å². The van der Waals surface area contributed by atoms with Crippen LogP contribution in [0.25, 0.3) is 0 Å². The molecule has 1 unspecified atom stereocenters. The van der Waals surface area contributed by atoms with Crippen LogP contribution >= 0.6 is 11.6 Å². The molecule has 0 spiro atoms. The summed E-state index contributed by atoms with van der Waals surface area (Å²) in [7, 11) is -2.28. The number of benzene rings is 2. The van der Waals surface area contributed by atoms with Gasteiger partial charge in [-0.2, -0.15) is 0 Å². The second-order valence-electron chi connectivity index (χ2n) is 9.01. The molecule has 0 aliphatic carbocycles. The van der Waals surface area contributed by atoms with Crippen LogP contribution < -0.4 is 9.62 Å². The van der Waals surface area contributed by atoms with Gasteiger partial charge in [-0.3, -0.25) is 13.9 Å². The lowest BCUT2D eigenvalue weighted by Gasteiger charge is -2.31. The van der Waals surface area contributed by atoms with Crippen molar-refractivity contribution in [1.82, 2.24) is 10.2 Å². The highest BCUT2D eigenvalue weighted by molar-refractivity contribution is 7.92. The van der Waals surface area contributed by atoms with E-state index in [1.54, 1.807) is 43.3 Å². The molecule has 1 N–H and O–H groups in total. The second-order valence-corrected chi connectivity index (χ2v) is 11.4. The number of carbonyl (C=O) groups excluding carboxylic acids is 2. The lowest BCUT2D eigenvalue weighted by Crippen LogP contribution is -2.50. The van der Waals surface area contributed by atoms with Gasteiger partial charge in [0.1, 0.15) is 12.6 Å². The molecule has 2 amide bonds. The number of likely N-dealkylation sites (N-methyl/N-ethyl adjacent to an activating group) is 1. The molecule has 33 heavy (non-hydrogen) atoms. The van der Waals surface area contributed by atoms with Gasteiger partial charge in [-0.25, -0.2) is 8.42 Å². The quantitative estimate of drug-likeness (QED) is 0.609. The van der Waals surface area contributed by atoms with E-state index in [9.17, 15) is 18.0 Å². The van der Waals surface area contributed by atoms with E-state index in [1.807, 2.05) is 12.1 Å². The van der Waals surface area contributed by atoms with Crippen molar-refractivity contribution in [2.24, 2.45) is 0 Å². The average Bonchev–Trinajstić information content (AvgIpc) is 2.73. The number of carbonyl (C=O) groups is 2. The minimum Gasteiger partial charge on any atom is -0.357 e. The lowest BCUT2D eigenvalue weighted by molar-refractivity contribution is -0.139. The molecule has 0 aromatic heterocycles. The van der Waals surface area contributed by atoms with Crippen LogP contribution in [0.4, 0.5) is 5.69 Å². The van der Waals surface area contributed by atoms with E-state index in [4.69, 9.17) is 11.6 Å². The maximum atomic E-state index is 13.4. The van der Waals surface area contributed by atoms with Gasteiger partial charge in [0.15, 0.2) is 0 Å². The van der Waals surface area contributed by atoms with Crippen LogP contribution in [0.2, 0.25) is 5.02 Å². The van der Waals surface area contributed by atoms with Crippen LogP contribution in [-0.4, -0.2) is 51.0 Å². The van der Waals surface area contributed by atoms with Gasteiger partial charge in [-0.05, 0) is 47.7 Å². The van der Waals surface area contributed by atoms with Gasteiger partial charge in [0.2, 0.25) is 21.8 Å². The smallest absolute Gasteiger partial charge is 0.244 e. The van der Waals surface area contributed by atoms with Crippen LogP contribution in [0.3, 0.4) is 0 Å². The van der Waals surface area contributed by atoms with Gasteiger partial charge in [0.25, 0.3) is 0 Å². The fourth-order valence-corrected chi connectivity index (χ4v) is 4.43. The van der Waals surface area contributed by atoms with Gasteiger partial charge < -0.3 is 10.2 Å². The predicted octanol–water partition coefficient (Wildman–Crippen LogP) is 3.57. The molecule has 2 aromatic carbocycles. The minimum absolute atomic E-state index is 0.0963. The zero-order valence-corrected chi connectivity index (χ0v) is 21.5. The number of nitrogens with zero attached hydrogens (tertiary/aromatic N) is 2. The molecule has 0 aliphatic rings. The number of rotatable bonds is 8. The Balaban J connectivity index is 2.39. The van der Waals surface area contributed by atoms with E-state index in [2.05, 4.69) is 26.1 Å². The summed E-state index contributed by atoms with van der Waals surface area (Å²) in [6.45, 7) is 7.46. The molecule has 0 saturated carbocycles. The molecular weight excluding hydrogens is 462 g/mol. The number of anilines is 1. The first-order valence-corrected chi connectivity index (χ1v) is 12.8. The number of hydrogen-bond donors (Lipinski definition) is 1. The number of amides is 2. The first kappa shape index (κ1) is 26.7. The van der Waals surface area contributed by atoms with Gasteiger partial charge in [-0.15, -0.1) is 0 Å². The first-order chi connectivity index (χ1) is 15.2. The van der Waals surface area contributed by atoms with Gasteiger partial charge >= 0.3 is 0 Å². The molecule has 0 radical (unpaired) electrons. The van der Waals surface area contributed by atoms with Gasteiger partial charge in [-0.1, -0.05) is 56.6 Å². The topological polar surface area (TPSA) is 86.8 Å². The molecule has 9 heteroatoms. The summed E-state index contributed by atoms with van der Waals surface area (Å²) < 4.78 is 26.2. The number of sulfonamides is 1. The summed E-state index contributed by atoms with van der Waals surface area (Å²) in [5, 5.41) is 3.05. The highest BCUT2D eigenvalue weighted by Crippen LogP contribution is 2.26. The van der Waals surface area contributed by atoms with Crippen molar-refractivity contribution in [2.45, 2.75) is 45.7 Å². The summed E-state index contributed by atoms with van der Waals surface area (Å²) in [6, 6.07) is 13.3. The Kier molecular flexibility index (Phi) is 8.54. The summed E-state index contributed by atoms with van der Waals surface area (Å²) in [5.74, 6) is -0.859. The van der Waals surface area contributed by atoms with Crippen LogP contribution in [0, 0.1) is 0 Å². The maximum Gasteiger partial charge on any atom is 0.244 e. The highest BCUT2D eigenvalue weighted by atomic mass is 35.5. The van der Waals surface area contributed by atoms with Gasteiger partial charge in [0, 0.05) is 18.6 Å². The SMILES string of the molecule is CNC(=O)C(C)N(Cc1cccc(Cl)c1)C(=O)CN(c1ccc(C(C)(C)C)cc1)S(C)(=O)=O. The Hall–Kier alpha value is -2.58. The molecule has 2 rings (SSSR count). The third-order valence-electron chi connectivity index (χ3n) is 5.36. The fraction of sp³-hybridized carbons (Fsp3) is 0.417. The molecule has 0 bridgehead atoms. The summed E-state index contributed by atoms with van der Waals surface area (Å²) in [5.41, 5.74) is 2.06. The van der Waals surface area contributed by atoms with Crippen molar-refractivity contribution >= 4 is 39.1 Å². The summed E-state index contributed by atoms with van der Waals surface area (Å²) in [6.07, 6.45) is 1.06. The summed E-state index contributed by atoms with van der Waals surface area (Å²) in [4.78, 5) is 27.0. The molecule has 0 fully saturated rings. The molecule has 1 atom stereocenters. The van der Waals surface area contributed by atoms with E-state index in [-0.39, 0.29) is 17.9 Å². The molecule has 180 valence electrons. The zero-order chi connectivity index (χ0) is 25.0. The number of halogens is 1. The predicted molar refractivity (Wildman–Crippen MR) is 133 cm³/mol. The van der Waals surface area contributed by atoms with Crippen molar-refractivity contribution in [3.8, 4) is 0 Å². The van der Waals surface area contributed by atoms with Crippen LogP contribution in [-0.2, 0) is 31.6 Å². The van der Waals surface area contributed by atoms with Crippen molar-refractivity contribution in [3.63, 3.8) is 0 Å². The molecule has 0 aliphatic heterocycles. The van der Waals surface area contributed by atoms with Crippen LogP contribution in [0.15, 0.2) is 48.5 Å². The van der Waals surface area contributed by atoms with E-state index >= 15 is 0 Å². The Morgan fingerprint density at radius 2 is 1.70 bits per heavy atom. The number of hydrogen-bond acceptors (Lipinski definition) is 4. The van der Waals surface area contributed by atoms with Crippen molar-refractivity contribution in [1.29, 1.82) is 0 Å². The van der Waals surface area contributed by atoms with Crippen molar-refractivity contribution in [3.05, 3.63) is 64.7 Å². The van der Waals surface area contributed by atoms with Crippen molar-refractivity contribution < 1.29 is 18.0 Å². The normalized spacial score (nSPS) is 12.7. The molecule has 0 saturated heterocycles. The van der Waals surface area contributed by atoms with E-state index in [1.165, 1.54) is 11.9 Å². The largest absolute Gasteiger partial charge is 0.357 e. The fourth-order valence-electron chi connectivity index (χ4n) is 3.36. The Bertz CT molecular complexity index is 1100. The summed E-state index contributed by atoms with van der Waals surface area (Å²) >= 11 is 6.08. The third-order valence-corrected chi connectivity index (χ3v) is 6.73. The van der Waals surface area contributed by atoms with Gasteiger partial charge in [0.05, 0.1) is 11.9 Å². The molecular formula is C24H32ClN3O4S. The maximum absolute atomic E-state index is 13.4. The number of nitrogens with one attached hydrogen (secondary N) is 1. The Morgan fingerprint density at radius 1 is 1.09 bits per heavy atom. The molecule has 0 heterocycles. The zero-order valence-electron chi connectivity index (χ0n) is 19.9. The lowest BCUT2D eigenvalue weighted by atomic mass is 9.87. The Morgan fingerprint density at radius 3 is 2.18 bits per heavy atom. The second kappa shape index (κ2) is 10.6. The minimum atomic E-state index is -3.76. The van der Waals surface area contributed by atoms with Crippen molar-refractivity contribution in [2.75, 3.05) is 24.2 Å². The van der Waals surface area contributed by atoms with E-state index in [0.717, 1.165) is 21.7 Å². The van der Waals surface area contributed by atoms with Crippen LogP contribution in [0.5, 0.6) is 0 Å². The molecule has 7 nitrogen and oxygen atoms in total. The third kappa shape index (κ3) is 7.20. The van der Waals surface area contributed by atoms with E-state index < -0.39 is 28.5 Å². The monoisotopic (exact) mass is 493 g/mol. The average molecular weight is 494 g/mol. The van der Waals surface area contributed by atoms with E-state index in [0.29, 0.717) is 10.7 Å².